The van der Waals surface area contributed by atoms with Crippen LogP contribution in [-0.2, 0) is 56.4 Å². The Labute approximate surface area is 427 Å². The van der Waals surface area contributed by atoms with Gasteiger partial charge in [-0.25, -0.2) is 19.2 Å². The SMILES string of the molecule is C=C(C)C(=O)OCC(O)COc1ccc(CCC(CCc2ccc(OCC(O)COC(=O)C(=C)C)cc2)(c2ccc(OCC(O)COC(=O)C(=C)C)cc2)c2ccc(OCC(O)COC(=O)C(=C)C)cc2)cc1. The molecule has 0 aliphatic rings. The van der Waals surface area contributed by atoms with Gasteiger partial charge in [0.2, 0.25) is 0 Å². The van der Waals surface area contributed by atoms with E-state index in [2.05, 4.69) is 26.3 Å². The first kappa shape index (κ1) is 58.3. The number of rotatable bonds is 32. The third-order valence-corrected chi connectivity index (χ3v) is 11.1. The highest BCUT2D eigenvalue weighted by Crippen LogP contribution is 2.42. The number of aliphatic hydroxyl groups excluding tert-OH is 4. The lowest BCUT2D eigenvalue weighted by atomic mass is 9.67. The van der Waals surface area contributed by atoms with E-state index in [0.29, 0.717) is 48.7 Å². The summed E-state index contributed by atoms with van der Waals surface area (Å²) in [6.07, 6.45) is -1.90. The first-order chi connectivity index (χ1) is 34.7. The Morgan fingerprint density at radius 1 is 0.384 bits per heavy atom. The molecule has 0 amide bonds. The topological polar surface area (TPSA) is 223 Å². The molecule has 0 aliphatic heterocycles. The van der Waals surface area contributed by atoms with Crippen molar-refractivity contribution >= 4 is 23.9 Å². The van der Waals surface area contributed by atoms with Crippen LogP contribution in [0.25, 0.3) is 0 Å². The third-order valence-electron chi connectivity index (χ3n) is 11.1. The van der Waals surface area contributed by atoms with Crippen molar-refractivity contribution < 1.29 is 77.5 Å². The van der Waals surface area contributed by atoms with Gasteiger partial charge in [0.15, 0.2) is 0 Å². The van der Waals surface area contributed by atoms with Crippen LogP contribution in [0.2, 0.25) is 0 Å². The molecule has 4 aromatic carbocycles. The van der Waals surface area contributed by atoms with Gasteiger partial charge in [-0.05, 0) is 124 Å². The second-order valence-electron chi connectivity index (χ2n) is 17.8. The van der Waals surface area contributed by atoms with Crippen LogP contribution in [0.1, 0.15) is 62.8 Å². The van der Waals surface area contributed by atoms with Gasteiger partial charge in [0.05, 0.1) is 0 Å². The first-order valence-corrected chi connectivity index (χ1v) is 23.7. The van der Waals surface area contributed by atoms with Crippen molar-refractivity contribution in [3.63, 3.8) is 0 Å². The Balaban J connectivity index is 1.63. The number of benzene rings is 4. The summed E-state index contributed by atoms with van der Waals surface area (Å²) in [7, 11) is 0. The fraction of sp³-hybridized carbons (Fsp3) is 0.368. The zero-order valence-electron chi connectivity index (χ0n) is 42.0. The molecule has 0 spiro atoms. The molecular formula is C57H68O16. The van der Waals surface area contributed by atoms with Gasteiger partial charge in [-0.1, -0.05) is 74.8 Å². The van der Waals surface area contributed by atoms with E-state index in [9.17, 15) is 39.6 Å². The molecule has 4 rings (SSSR count). The molecule has 0 radical (unpaired) electrons. The molecule has 0 aromatic heterocycles. The highest BCUT2D eigenvalue weighted by molar-refractivity contribution is 5.88. The number of esters is 4. The molecule has 4 unspecified atom stereocenters. The lowest BCUT2D eigenvalue weighted by Gasteiger charge is -2.36. The molecular weight excluding hydrogens is 941 g/mol. The molecule has 0 saturated heterocycles. The number of aliphatic hydroxyl groups is 4. The Morgan fingerprint density at radius 2 is 0.603 bits per heavy atom. The van der Waals surface area contributed by atoms with Crippen molar-refractivity contribution in [1.29, 1.82) is 0 Å². The van der Waals surface area contributed by atoms with E-state index >= 15 is 0 Å². The van der Waals surface area contributed by atoms with Gasteiger partial charge in [0.1, 0.15) is 100 Å². The summed E-state index contributed by atoms with van der Waals surface area (Å²) in [6.45, 7) is 18.8. The summed E-state index contributed by atoms with van der Waals surface area (Å²) in [4.78, 5) is 47.3. The van der Waals surface area contributed by atoms with Crippen LogP contribution in [0.5, 0.6) is 23.0 Å². The average molecular weight is 1010 g/mol. The van der Waals surface area contributed by atoms with Gasteiger partial charge in [-0.2, -0.15) is 0 Å². The second kappa shape index (κ2) is 29.3. The van der Waals surface area contributed by atoms with E-state index in [0.717, 1.165) is 22.3 Å². The summed E-state index contributed by atoms with van der Waals surface area (Å²) in [5.41, 5.74) is 4.08. The Kier molecular flexibility index (Phi) is 23.4. The summed E-state index contributed by atoms with van der Waals surface area (Å²) in [6, 6.07) is 30.2. The summed E-state index contributed by atoms with van der Waals surface area (Å²) < 4.78 is 43.7. The van der Waals surface area contributed by atoms with Crippen molar-refractivity contribution in [1.82, 2.24) is 0 Å². The highest BCUT2D eigenvalue weighted by atomic mass is 16.6. The fourth-order valence-electron chi connectivity index (χ4n) is 6.97. The molecule has 0 heterocycles. The zero-order valence-corrected chi connectivity index (χ0v) is 42.0. The van der Waals surface area contributed by atoms with Gasteiger partial charge >= 0.3 is 23.9 Å². The second-order valence-corrected chi connectivity index (χ2v) is 17.8. The lowest BCUT2D eigenvalue weighted by molar-refractivity contribution is -0.143. The molecule has 392 valence electrons. The van der Waals surface area contributed by atoms with Gasteiger partial charge in [0.25, 0.3) is 0 Å². The van der Waals surface area contributed by atoms with Crippen molar-refractivity contribution in [3.05, 3.63) is 168 Å². The number of carbonyl (C=O) groups excluding carboxylic acids is 4. The Bertz CT molecular complexity index is 2290. The molecule has 4 atom stereocenters. The van der Waals surface area contributed by atoms with Crippen LogP contribution < -0.4 is 18.9 Å². The number of hydrogen-bond donors (Lipinski definition) is 4. The van der Waals surface area contributed by atoms with Crippen molar-refractivity contribution in [2.24, 2.45) is 0 Å². The minimum atomic E-state index is -1.09. The van der Waals surface area contributed by atoms with Gasteiger partial charge < -0.3 is 58.3 Å². The monoisotopic (exact) mass is 1010 g/mol. The molecule has 73 heavy (non-hydrogen) atoms. The Morgan fingerprint density at radius 3 is 0.822 bits per heavy atom. The number of hydrogen-bond acceptors (Lipinski definition) is 16. The zero-order chi connectivity index (χ0) is 53.5. The molecule has 16 heteroatoms. The molecule has 0 fully saturated rings. The lowest BCUT2D eigenvalue weighted by Crippen LogP contribution is -2.30. The van der Waals surface area contributed by atoms with Crippen molar-refractivity contribution in [2.45, 2.75) is 83.2 Å². The van der Waals surface area contributed by atoms with Crippen LogP contribution in [0.4, 0.5) is 0 Å². The highest BCUT2D eigenvalue weighted by Gasteiger charge is 2.34. The molecule has 4 N–H and O–H groups in total. The van der Waals surface area contributed by atoms with Crippen LogP contribution in [0.15, 0.2) is 146 Å². The van der Waals surface area contributed by atoms with E-state index in [1.165, 1.54) is 27.7 Å². The van der Waals surface area contributed by atoms with Crippen molar-refractivity contribution in [3.8, 4) is 23.0 Å². The van der Waals surface area contributed by atoms with E-state index in [-0.39, 0.29) is 75.1 Å². The molecule has 0 bridgehead atoms. The minimum absolute atomic E-state index is 0.101. The van der Waals surface area contributed by atoms with E-state index in [1.807, 2.05) is 72.8 Å². The maximum Gasteiger partial charge on any atom is 0.333 e. The maximum absolute atomic E-state index is 11.9. The van der Waals surface area contributed by atoms with Gasteiger partial charge in [0, 0.05) is 27.7 Å². The van der Waals surface area contributed by atoms with E-state index in [1.54, 1.807) is 24.3 Å². The minimum Gasteiger partial charge on any atom is -0.491 e. The number of aryl methyl sites for hydroxylation is 2. The summed E-state index contributed by atoms with van der Waals surface area (Å²) >= 11 is 0. The van der Waals surface area contributed by atoms with Crippen LogP contribution >= 0.6 is 0 Å². The molecule has 4 aromatic rings. The smallest absolute Gasteiger partial charge is 0.333 e. The number of ether oxygens (including phenoxy) is 8. The molecule has 0 saturated carbocycles. The quantitative estimate of drug-likeness (QED) is 0.0228. The normalized spacial score (nSPS) is 13.4. The van der Waals surface area contributed by atoms with Crippen LogP contribution in [0, 0.1) is 0 Å². The summed E-state index contributed by atoms with van der Waals surface area (Å²) in [5.74, 6) is -0.450. The van der Waals surface area contributed by atoms with Gasteiger partial charge in [-0.15, -0.1) is 0 Å². The predicted octanol–water partition coefficient (Wildman–Crippen LogP) is 6.67. The fourth-order valence-corrected chi connectivity index (χ4v) is 6.97. The van der Waals surface area contributed by atoms with Crippen molar-refractivity contribution in [2.75, 3.05) is 52.9 Å². The summed E-state index contributed by atoms with van der Waals surface area (Å²) in [5, 5.41) is 41.7. The van der Waals surface area contributed by atoms with Crippen LogP contribution in [0.3, 0.4) is 0 Å². The Hall–Kier alpha value is -7.24. The third kappa shape index (κ3) is 20.1. The maximum atomic E-state index is 11.9. The predicted molar refractivity (Wildman–Crippen MR) is 272 cm³/mol. The van der Waals surface area contributed by atoms with E-state index in [4.69, 9.17) is 37.9 Å². The largest absolute Gasteiger partial charge is 0.491 e. The van der Waals surface area contributed by atoms with E-state index < -0.39 is 53.7 Å². The first-order valence-electron chi connectivity index (χ1n) is 23.7. The number of carbonyl (C=O) groups is 4. The van der Waals surface area contributed by atoms with Gasteiger partial charge in [-0.3, -0.25) is 0 Å². The van der Waals surface area contributed by atoms with Crippen LogP contribution in [-0.4, -0.2) is 122 Å². The standard InChI is InChI=1S/C57H68O16/c1-37(2)53(62)70-33-45(58)29-66-49-17-9-41(10-18-49)25-27-57(43-13-21-51(22-14-43)68-31-47(60)35-72-55(64)39(5)6,44-15-23-52(24-16-44)69-32-48(61)36-73-56(65)40(7)8)28-26-42-11-19-50(20-12-42)67-30-46(59)34-71-54(63)38(3)4/h9-24,45-48,58-61H,1,3,5,7,25-36H2,2,4,6,8H3. The molecule has 16 nitrogen and oxygen atoms in total. The molecule has 0 aliphatic carbocycles. The average Bonchev–Trinajstić information content (AvgIpc) is 3.38.